The van der Waals surface area contributed by atoms with Crippen LogP contribution in [0.15, 0.2) is 30.3 Å². The predicted octanol–water partition coefficient (Wildman–Crippen LogP) is 3.99. The van der Waals surface area contributed by atoms with Crippen LogP contribution in [-0.2, 0) is 27.2 Å². The molecule has 14 heteroatoms. The SMILES string of the molecule is C[C@H](c1cc(F)cc(F)c1F)N(CC(=O)Nc1ccc2c(c1)C[C@@]1(C2)C(=O)NC(=O)N1C)C(=O)C1(C(F)(F)F)CC1. The highest BCUT2D eigenvalue weighted by Crippen LogP contribution is 2.59. The zero-order valence-electron chi connectivity index (χ0n) is 21.8. The topological polar surface area (TPSA) is 98.8 Å². The van der Waals surface area contributed by atoms with E-state index in [0.717, 1.165) is 12.5 Å². The van der Waals surface area contributed by atoms with Crippen molar-refractivity contribution in [1.29, 1.82) is 0 Å². The van der Waals surface area contributed by atoms with Crippen molar-refractivity contribution in [2.75, 3.05) is 18.9 Å². The Morgan fingerprint density at radius 1 is 1.07 bits per heavy atom. The number of carbonyl (C=O) groups excluding carboxylic acids is 4. The Hall–Kier alpha value is -4.10. The van der Waals surface area contributed by atoms with Crippen LogP contribution in [0, 0.1) is 22.9 Å². The van der Waals surface area contributed by atoms with E-state index in [4.69, 9.17) is 0 Å². The zero-order chi connectivity index (χ0) is 30.1. The fraction of sp³-hybridized carbons (Fsp3) is 0.407. The smallest absolute Gasteiger partial charge is 0.326 e. The van der Waals surface area contributed by atoms with Gasteiger partial charge in [0.05, 0.1) is 6.04 Å². The van der Waals surface area contributed by atoms with E-state index in [1.807, 2.05) is 0 Å². The average molecular weight is 583 g/mol. The van der Waals surface area contributed by atoms with E-state index in [0.29, 0.717) is 16.5 Å². The number of imide groups is 1. The summed E-state index contributed by atoms with van der Waals surface area (Å²) in [5.74, 6) is -7.28. The summed E-state index contributed by atoms with van der Waals surface area (Å²) < 4.78 is 83.8. The number of nitrogens with one attached hydrogen (secondary N) is 2. The molecule has 1 aliphatic heterocycles. The number of benzene rings is 2. The molecule has 0 aromatic heterocycles. The van der Waals surface area contributed by atoms with Gasteiger partial charge in [0.2, 0.25) is 11.8 Å². The Kier molecular flexibility index (Phi) is 6.58. The summed E-state index contributed by atoms with van der Waals surface area (Å²) in [5.41, 5.74) is -3.05. The number of likely N-dealkylation sites (N-methyl/N-ethyl adjacent to an activating group) is 1. The lowest BCUT2D eigenvalue weighted by Crippen LogP contribution is -2.48. The van der Waals surface area contributed by atoms with Crippen molar-refractivity contribution in [3.8, 4) is 0 Å². The number of hydrogen-bond donors (Lipinski definition) is 2. The van der Waals surface area contributed by atoms with Gasteiger partial charge >= 0.3 is 12.2 Å². The van der Waals surface area contributed by atoms with Gasteiger partial charge in [0.15, 0.2) is 11.6 Å². The maximum atomic E-state index is 14.6. The number of rotatable bonds is 6. The van der Waals surface area contributed by atoms with Crippen molar-refractivity contribution in [3.05, 3.63) is 64.5 Å². The molecule has 2 aliphatic carbocycles. The zero-order valence-corrected chi connectivity index (χ0v) is 21.8. The summed E-state index contributed by atoms with van der Waals surface area (Å²) in [6.45, 7) is 0.101. The van der Waals surface area contributed by atoms with Crippen LogP contribution >= 0.6 is 0 Å². The number of amides is 5. The van der Waals surface area contributed by atoms with Gasteiger partial charge in [-0.05, 0) is 49.1 Å². The van der Waals surface area contributed by atoms with Crippen molar-refractivity contribution in [2.45, 2.75) is 50.4 Å². The molecule has 2 aromatic carbocycles. The van der Waals surface area contributed by atoms with Gasteiger partial charge in [-0.2, -0.15) is 13.2 Å². The number of anilines is 1. The van der Waals surface area contributed by atoms with Gasteiger partial charge in [-0.25, -0.2) is 18.0 Å². The minimum atomic E-state index is -4.96. The molecule has 3 aliphatic rings. The number of nitrogens with zero attached hydrogens (tertiary/aromatic N) is 2. The molecule has 1 saturated carbocycles. The standard InChI is InChI=1S/C27H24F6N4O4/c1-13(18-8-16(28)9-19(29)21(18)30)37(23(40)25(5-6-25)27(31,32)33)12-20(38)34-17-4-3-14-10-26(11-15(14)7-17)22(39)35-24(41)36(26)2/h3-4,7-9,13H,5-6,10-12H2,1-2H3,(H,34,38)(H,35,39,41)/t13-,26+/m1/s1. The second-order valence-corrected chi connectivity index (χ2v) is 10.7. The number of alkyl halides is 3. The highest BCUT2D eigenvalue weighted by Gasteiger charge is 2.69. The van der Waals surface area contributed by atoms with Crippen molar-refractivity contribution < 1.29 is 45.5 Å². The van der Waals surface area contributed by atoms with E-state index >= 15 is 0 Å². The number of halogens is 6. The molecule has 1 heterocycles. The summed E-state index contributed by atoms with van der Waals surface area (Å²) in [4.78, 5) is 52.5. The molecule has 2 N–H and O–H groups in total. The Morgan fingerprint density at radius 2 is 1.73 bits per heavy atom. The number of hydrogen-bond acceptors (Lipinski definition) is 4. The lowest BCUT2D eigenvalue weighted by molar-refractivity contribution is -0.200. The quantitative estimate of drug-likeness (QED) is 0.306. The number of carbonyl (C=O) groups is 4. The molecule has 5 amide bonds. The first-order valence-electron chi connectivity index (χ1n) is 12.6. The minimum absolute atomic E-state index is 0.153. The second-order valence-electron chi connectivity index (χ2n) is 10.7. The summed E-state index contributed by atoms with van der Waals surface area (Å²) in [5, 5.41) is 4.75. The van der Waals surface area contributed by atoms with Crippen LogP contribution in [0.25, 0.3) is 0 Å². The fourth-order valence-electron chi connectivity index (χ4n) is 5.58. The van der Waals surface area contributed by atoms with Gasteiger partial charge in [0, 0.05) is 37.2 Å². The van der Waals surface area contributed by atoms with E-state index in [-0.39, 0.29) is 24.6 Å². The molecule has 2 atom stereocenters. The monoisotopic (exact) mass is 582 g/mol. The van der Waals surface area contributed by atoms with E-state index in [2.05, 4.69) is 10.6 Å². The Labute approximate surface area is 229 Å². The van der Waals surface area contributed by atoms with Gasteiger partial charge in [0.25, 0.3) is 5.91 Å². The van der Waals surface area contributed by atoms with Crippen LogP contribution in [0.1, 0.15) is 42.5 Å². The third kappa shape index (κ3) is 4.58. The van der Waals surface area contributed by atoms with Crippen molar-refractivity contribution in [3.63, 3.8) is 0 Å². The molecule has 218 valence electrons. The van der Waals surface area contributed by atoms with Crippen LogP contribution in [-0.4, -0.2) is 58.9 Å². The van der Waals surface area contributed by atoms with E-state index in [1.54, 1.807) is 12.1 Å². The molecule has 41 heavy (non-hydrogen) atoms. The molecule has 1 spiro atoms. The van der Waals surface area contributed by atoms with Crippen LogP contribution < -0.4 is 10.6 Å². The summed E-state index contributed by atoms with van der Waals surface area (Å²) in [7, 11) is 1.49. The lowest BCUT2D eigenvalue weighted by atomic mass is 9.95. The van der Waals surface area contributed by atoms with Gasteiger partial charge < -0.3 is 15.1 Å². The van der Waals surface area contributed by atoms with Crippen LogP contribution in [0.4, 0.5) is 36.8 Å². The maximum Gasteiger partial charge on any atom is 0.403 e. The normalized spacial score (nSPS) is 21.5. The molecular formula is C27H24F6N4O4. The third-order valence-electron chi connectivity index (χ3n) is 8.26. The van der Waals surface area contributed by atoms with Gasteiger partial charge in [0.1, 0.15) is 23.3 Å². The molecule has 1 saturated heterocycles. The first kappa shape index (κ1) is 28.4. The highest BCUT2D eigenvalue weighted by atomic mass is 19.4. The first-order valence-corrected chi connectivity index (χ1v) is 12.6. The van der Waals surface area contributed by atoms with Crippen molar-refractivity contribution in [2.24, 2.45) is 5.41 Å². The summed E-state index contributed by atoms with van der Waals surface area (Å²) >= 11 is 0. The Morgan fingerprint density at radius 3 is 2.32 bits per heavy atom. The summed E-state index contributed by atoms with van der Waals surface area (Å²) in [6, 6.07) is 3.29. The molecular weight excluding hydrogens is 558 g/mol. The largest absolute Gasteiger partial charge is 0.403 e. The summed E-state index contributed by atoms with van der Waals surface area (Å²) in [6.07, 6.45) is -5.66. The van der Waals surface area contributed by atoms with Crippen LogP contribution in [0.3, 0.4) is 0 Å². The highest BCUT2D eigenvalue weighted by molar-refractivity contribution is 6.07. The van der Waals surface area contributed by atoms with E-state index in [9.17, 15) is 45.5 Å². The Balaban J connectivity index is 1.39. The van der Waals surface area contributed by atoms with Gasteiger partial charge in [-0.3, -0.25) is 19.7 Å². The third-order valence-corrected chi connectivity index (χ3v) is 8.26. The average Bonchev–Trinajstić information content (AvgIpc) is 3.59. The van der Waals surface area contributed by atoms with E-state index < -0.39 is 89.3 Å². The van der Waals surface area contributed by atoms with Gasteiger partial charge in [-0.1, -0.05) is 6.07 Å². The molecule has 0 radical (unpaired) electrons. The van der Waals surface area contributed by atoms with Crippen LogP contribution in [0.5, 0.6) is 0 Å². The molecule has 5 rings (SSSR count). The fourth-order valence-corrected chi connectivity index (χ4v) is 5.58. The lowest BCUT2D eigenvalue weighted by Gasteiger charge is -2.33. The second kappa shape index (κ2) is 9.48. The predicted molar refractivity (Wildman–Crippen MR) is 131 cm³/mol. The molecule has 0 bridgehead atoms. The molecule has 2 aromatic rings. The van der Waals surface area contributed by atoms with Crippen LogP contribution in [0.2, 0.25) is 0 Å². The Bertz CT molecular complexity index is 1490. The van der Waals surface area contributed by atoms with Gasteiger partial charge in [-0.15, -0.1) is 0 Å². The van der Waals surface area contributed by atoms with E-state index in [1.165, 1.54) is 18.0 Å². The van der Waals surface area contributed by atoms with Crippen molar-refractivity contribution >= 4 is 29.4 Å². The number of urea groups is 1. The minimum Gasteiger partial charge on any atom is -0.326 e. The molecule has 2 fully saturated rings. The molecule has 0 unspecified atom stereocenters. The van der Waals surface area contributed by atoms with Crippen molar-refractivity contribution in [1.82, 2.24) is 15.1 Å². The number of fused-ring (bicyclic) bond motifs is 1. The first-order chi connectivity index (χ1) is 19.1. The maximum absolute atomic E-state index is 14.6. The molecule has 8 nitrogen and oxygen atoms in total.